The van der Waals surface area contributed by atoms with Gasteiger partial charge in [0.2, 0.25) is 0 Å². The maximum absolute atomic E-state index is 12.6. The van der Waals surface area contributed by atoms with Gasteiger partial charge in [-0.05, 0) is 54.8 Å². The number of halogens is 1. The molecule has 3 rings (SSSR count). The van der Waals surface area contributed by atoms with Crippen molar-refractivity contribution in [2.45, 2.75) is 24.8 Å². The van der Waals surface area contributed by atoms with Crippen molar-refractivity contribution in [1.29, 1.82) is 0 Å². The number of carbonyl (C=O) groups excluding carboxylic acids is 1. The summed E-state index contributed by atoms with van der Waals surface area (Å²) in [4.78, 5) is 23.5. The van der Waals surface area contributed by atoms with Crippen LogP contribution in [0.4, 0.5) is 11.5 Å². The summed E-state index contributed by atoms with van der Waals surface area (Å²) in [6.45, 7) is 12.9. The molecule has 1 heterocycles. The maximum Gasteiger partial charge on any atom is 0.255 e. The van der Waals surface area contributed by atoms with Crippen LogP contribution in [0.15, 0.2) is 79.0 Å². The van der Waals surface area contributed by atoms with Gasteiger partial charge in [-0.3, -0.25) is 4.79 Å². The van der Waals surface area contributed by atoms with Crippen molar-refractivity contribution < 1.29 is 4.79 Å². The molecule has 1 N–H and O–H groups in total. The summed E-state index contributed by atoms with van der Waals surface area (Å²) in [5, 5.41) is 3.93. The second-order valence-electron chi connectivity index (χ2n) is 7.55. The molecule has 0 atom stereocenters. The van der Waals surface area contributed by atoms with Gasteiger partial charge in [-0.2, -0.15) is 0 Å². The van der Waals surface area contributed by atoms with E-state index >= 15 is 0 Å². The van der Waals surface area contributed by atoms with Gasteiger partial charge in [-0.15, -0.1) is 13.2 Å². The summed E-state index contributed by atoms with van der Waals surface area (Å²) in [7, 11) is 0. The van der Waals surface area contributed by atoms with Crippen LogP contribution in [0.5, 0.6) is 0 Å². The normalized spacial score (nSPS) is 10.5. The average molecular weight is 479 g/mol. The zero-order chi connectivity index (χ0) is 23.8. The van der Waals surface area contributed by atoms with Crippen molar-refractivity contribution in [1.82, 2.24) is 9.97 Å². The molecular formula is C26H27ClN4OS. The number of aryl methyl sites for hydroxylation is 2. The summed E-state index contributed by atoms with van der Waals surface area (Å²) < 4.78 is 0. The van der Waals surface area contributed by atoms with E-state index in [1.54, 1.807) is 6.07 Å². The highest BCUT2D eigenvalue weighted by atomic mass is 35.5. The molecular weight excluding hydrogens is 452 g/mol. The number of carbonyl (C=O) groups is 1. The minimum Gasteiger partial charge on any atom is -0.349 e. The largest absolute Gasteiger partial charge is 0.349 e. The minimum atomic E-state index is -0.134. The summed E-state index contributed by atoms with van der Waals surface area (Å²) in [5.74, 6) is 1.25. The van der Waals surface area contributed by atoms with E-state index in [1.165, 1.54) is 17.3 Å². The molecule has 1 aromatic heterocycles. The third-order valence-electron chi connectivity index (χ3n) is 5.03. The molecule has 5 nitrogen and oxygen atoms in total. The van der Waals surface area contributed by atoms with Crippen LogP contribution in [0.25, 0.3) is 0 Å². The lowest BCUT2D eigenvalue weighted by atomic mass is 10.1. The van der Waals surface area contributed by atoms with Crippen molar-refractivity contribution in [2.24, 2.45) is 0 Å². The highest BCUT2D eigenvalue weighted by molar-refractivity contribution is 7.98. The van der Waals surface area contributed by atoms with Gasteiger partial charge >= 0.3 is 0 Å². The van der Waals surface area contributed by atoms with E-state index < -0.39 is 0 Å². The van der Waals surface area contributed by atoms with Crippen LogP contribution >= 0.6 is 23.4 Å². The van der Waals surface area contributed by atoms with E-state index in [2.05, 4.69) is 28.4 Å². The second kappa shape index (κ2) is 11.7. The summed E-state index contributed by atoms with van der Waals surface area (Å²) in [5.41, 5.74) is 4.79. The molecule has 0 saturated heterocycles. The minimum absolute atomic E-state index is 0.134. The predicted molar refractivity (Wildman–Crippen MR) is 140 cm³/mol. The van der Waals surface area contributed by atoms with Crippen LogP contribution in [-0.4, -0.2) is 29.0 Å². The number of hydrogen-bond donors (Lipinski definition) is 1. The number of nitrogens with zero attached hydrogens (tertiary/aromatic N) is 3. The summed E-state index contributed by atoms with van der Waals surface area (Å²) >= 11 is 7.72. The van der Waals surface area contributed by atoms with Gasteiger partial charge in [0.25, 0.3) is 5.91 Å². The third kappa shape index (κ3) is 6.94. The third-order valence-corrected chi connectivity index (χ3v) is 6.14. The molecule has 0 aliphatic carbocycles. The Labute approximate surface area is 204 Å². The molecule has 2 aromatic carbocycles. The van der Waals surface area contributed by atoms with E-state index in [-0.39, 0.29) is 5.91 Å². The molecule has 0 unspecified atom stereocenters. The van der Waals surface area contributed by atoms with Crippen LogP contribution in [0.3, 0.4) is 0 Å². The van der Waals surface area contributed by atoms with E-state index in [0.717, 1.165) is 22.6 Å². The molecule has 170 valence electrons. The number of rotatable bonds is 10. The first-order valence-corrected chi connectivity index (χ1v) is 11.9. The van der Waals surface area contributed by atoms with Crippen molar-refractivity contribution >= 4 is 40.8 Å². The zero-order valence-electron chi connectivity index (χ0n) is 18.8. The Morgan fingerprint density at radius 1 is 1.03 bits per heavy atom. The monoisotopic (exact) mass is 478 g/mol. The van der Waals surface area contributed by atoms with Crippen molar-refractivity contribution in [2.75, 3.05) is 23.3 Å². The fourth-order valence-corrected chi connectivity index (χ4v) is 4.14. The molecule has 0 aliphatic heterocycles. The predicted octanol–water partition coefficient (Wildman–Crippen LogP) is 6.47. The first-order chi connectivity index (χ1) is 15.9. The second-order valence-corrected chi connectivity index (χ2v) is 8.88. The molecule has 0 aliphatic rings. The van der Waals surface area contributed by atoms with Gasteiger partial charge in [0.05, 0.1) is 0 Å². The SMILES string of the molecule is C=CCN(CC=C)c1cc(Cl)nc(SCc2ccc(C(=O)Nc3ccc(C)c(C)c3)cc2)n1. The van der Waals surface area contributed by atoms with Gasteiger partial charge in [0.1, 0.15) is 11.0 Å². The lowest BCUT2D eigenvalue weighted by Gasteiger charge is -2.20. The van der Waals surface area contributed by atoms with Gasteiger partial charge in [-0.25, -0.2) is 9.97 Å². The Bertz CT molecular complexity index is 1140. The molecule has 0 bridgehead atoms. The van der Waals surface area contributed by atoms with Crippen molar-refractivity contribution in [3.8, 4) is 0 Å². The Hall–Kier alpha value is -3.09. The van der Waals surface area contributed by atoms with Gasteiger partial charge < -0.3 is 10.2 Å². The van der Waals surface area contributed by atoms with E-state index in [9.17, 15) is 4.79 Å². The lowest BCUT2D eigenvalue weighted by molar-refractivity contribution is 0.102. The number of anilines is 2. The van der Waals surface area contributed by atoms with Gasteiger partial charge in [0.15, 0.2) is 5.16 Å². The van der Waals surface area contributed by atoms with Gasteiger partial charge in [-0.1, -0.05) is 53.7 Å². The maximum atomic E-state index is 12.6. The lowest BCUT2D eigenvalue weighted by Crippen LogP contribution is -2.24. The van der Waals surface area contributed by atoms with Crippen molar-refractivity contribution in [3.05, 3.63) is 101 Å². The van der Waals surface area contributed by atoms with Crippen LogP contribution < -0.4 is 10.2 Å². The number of amides is 1. The fourth-order valence-electron chi connectivity index (χ4n) is 3.11. The van der Waals surface area contributed by atoms with Crippen LogP contribution in [0.1, 0.15) is 27.0 Å². The Morgan fingerprint density at radius 2 is 1.73 bits per heavy atom. The summed E-state index contributed by atoms with van der Waals surface area (Å²) in [6, 6.07) is 15.2. The fraction of sp³-hybridized carbons (Fsp3) is 0.192. The smallest absolute Gasteiger partial charge is 0.255 e. The first kappa shape index (κ1) is 24.6. The number of aromatic nitrogens is 2. The highest BCUT2D eigenvalue weighted by Gasteiger charge is 2.11. The Morgan fingerprint density at radius 3 is 2.36 bits per heavy atom. The van der Waals surface area contributed by atoms with Gasteiger partial charge in [0, 0.05) is 36.2 Å². The number of thioether (sulfide) groups is 1. The molecule has 0 radical (unpaired) electrons. The van der Waals surface area contributed by atoms with E-state index in [4.69, 9.17) is 11.6 Å². The Balaban J connectivity index is 1.64. The van der Waals surface area contributed by atoms with Crippen LogP contribution in [0.2, 0.25) is 5.15 Å². The summed E-state index contributed by atoms with van der Waals surface area (Å²) in [6.07, 6.45) is 3.62. The molecule has 3 aromatic rings. The molecule has 0 fully saturated rings. The van der Waals surface area contributed by atoms with Crippen LogP contribution in [-0.2, 0) is 5.75 Å². The Kier molecular flexibility index (Phi) is 8.69. The zero-order valence-corrected chi connectivity index (χ0v) is 20.4. The van der Waals surface area contributed by atoms with Crippen LogP contribution in [0, 0.1) is 13.8 Å². The van der Waals surface area contributed by atoms with E-state index in [1.807, 2.05) is 73.4 Å². The number of benzene rings is 2. The molecule has 0 saturated carbocycles. The standard InChI is InChI=1S/C26H27ClN4OS/c1-5-13-31(14-6-2)24-16-23(27)29-26(30-24)33-17-20-8-10-21(11-9-20)25(32)28-22-12-7-18(3)19(4)15-22/h5-12,15-16H,1-2,13-14,17H2,3-4H3,(H,28,32). The topological polar surface area (TPSA) is 58.1 Å². The quantitative estimate of drug-likeness (QED) is 0.156. The molecule has 33 heavy (non-hydrogen) atoms. The first-order valence-electron chi connectivity index (χ1n) is 10.5. The average Bonchev–Trinajstić information content (AvgIpc) is 2.80. The number of nitrogens with one attached hydrogen (secondary N) is 1. The molecule has 0 spiro atoms. The number of hydrogen-bond acceptors (Lipinski definition) is 5. The van der Waals surface area contributed by atoms with E-state index in [0.29, 0.717) is 34.7 Å². The molecule has 1 amide bonds. The van der Waals surface area contributed by atoms with Crippen molar-refractivity contribution in [3.63, 3.8) is 0 Å². The molecule has 7 heteroatoms. The highest BCUT2D eigenvalue weighted by Crippen LogP contribution is 2.25.